The summed E-state index contributed by atoms with van der Waals surface area (Å²) in [6.07, 6.45) is 0. The second-order valence-corrected chi connectivity index (χ2v) is 4.10. The summed E-state index contributed by atoms with van der Waals surface area (Å²) < 4.78 is 0. The fourth-order valence-corrected chi connectivity index (χ4v) is 2.03. The quantitative estimate of drug-likeness (QED) is 0.621. The minimum Gasteiger partial charge on any atom is -0.290 e. The Kier molecular flexibility index (Phi) is 2.74. The zero-order chi connectivity index (χ0) is 11.5. The van der Waals surface area contributed by atoms with Crippen LogP contribution in [0.3, 0.4) is 0 Å². The van der Waals surface area contributed by atoms with E-state index in [1.807, 2.05) is 6.07 Å². The Morgan fingerprint density at radius 3 is 2.69 bits per heavy atom. The molecular weight excluding hydrogens is 228 g/mol. The summed E-state index contributed by atoms with van der Waals surface area (Å²) in [6, 6.07) is 8.10. The lowest BCUT2D eigenvalue weighted by Crippen LogP contribution is -2.06. The van der Waals surface area contributed by atoms with Gasteiger partial charge in [-0.2, -0.15) is 10.4 Å². The highest BCUT2D eigenvalue weighted by molar-refractivity contribution is 8.14. The molecule has 2 rings (SSSR count). The molecule has 1 aromatic carbocycles. The number of benzene rings is 1. The fraction of sp³-hybridized carbons (Fsp3) is 0.111. The lowest BCUT2D eigenvalue weighted by atomic mass is 10.2. The number of hydrogen-bond donors (Lipinski definition) is 1. The van der Waals surface area contributed by atoms with Crippen molar-refractivity contribution in [2.45, 2.75) is 5.37 Å². The van der Waals surface area contributed by atoms with E-state index in [9.17, 15) is 10.1 Å². The van der Waals surface area contributed by atoms with Crippen LogP contribution in [0.1, 0.15) is 10.9 Å². The van der Waals surface area contributed by atoms with Crippen LogP contribution < -0.4 is 5.43 Å². The summed E-state index contributed by atoms with van der Waals surface area (Å²) in [5.41, 5.74) is 3.68. The third kappa shape index (κ3) is 1.97. The average Bonchev–Trinajstić information content (AvgIpc) is 2.77. The smallest absolute Gasteiger partial charge is 0.269 e. The predicted molar refractivity (Wildman–Crippen MR) is 59.6 cm³/mol. The first-order valence-electron chi connectivity index (χ1n) is 4.35. The van der Waals surface area contributed by atoms with E-state index in [0.717, 1.165) is 5.56 Å². The topological polar surface area (TPSA) is 91.3 Å². The van der Waals surface area contributed by atoms with Crippen LogP contribution in [0.5, 0.6) is 0 Å². The van der Waals surface area contributed by atoms with Crippen LogP contribution in [-0.4, -0.2) is 9.97 Å². The lowest BCUT2D eigenvalue weighted by Gasteiger charge is -2.07. The minimum absolute atomic E-state index is 0.0492. The van der Waals surface area contributed by atoms with Gasteiger partial charge in [0, 0.05) is 12.1 Å². The number of nitriles is 1. The highest BCUT2D eigenvalue weighted by Crippen LogP contribution is 2.31. The number of rotatable bonds is 2. The first-order chi connectivity index (χ1) is 7.70. The molecule has 1 atom stereocenters. The molecule has 16 heavy (non-hydrogen) atoms. The van der Waals surface area contributed by atoms with E-state index in [1.165, 1.54) is 23.9 Å². The van der Waals surface area contributed by atoms with Crippen molar-refractivity contribution < 1.29 is 4.92 Å². The fourth-order valence-electron chi connectivity index (χ4n) is 1.25. The molecule has 1 aromatic rings. The summed E-state index contributed by atoms with van der Waals surface area (Å²) in [4.78, 5) is 10.0. The van der Waals surface area contributed by atoms with Gasteiger partial charge in [0.05, 0.1) is 4.92 Å². The van der Waals surface area contributed by atoms with Crippen molar-refractivity contribution in [2.24, 2.45) is 5.10 Å². The van der Waals surface area contributed by atoms with Crippen LogP contribution in [0, 0.1) is 21.4 Å². The van der Waals surface area contributed by atoms with Crippen molar-refractivity contribution in [1.82, 2.24) is 5.43 Å². The molecule has 6 nitrogen and oxygen atoms in total. The van der Waals surface area contributed by atoms with E-state index in [-0.39, 0.29) is 11.1 Å². The highest BCUT2D eigenvalue weighted by Gasteiger charge is 2.21. The average molecular weight is 234 g/mol. The lowest BCUT2D eigenvalue weighted by molar-refractivity contribution is -0.384. The van der Waals surface area contributed by atoms with Gasteiger partial charge in [-0.05, 0) is 17.7 Å². The molecule has 0 fully saturated rings. The van der Waals surface area contributed by atoms with Crippen molar-refractivity contribution in [3.05, 3.63) is 39.9 Å². The van der Waals surface area contributed by atoms with E-state index >= 15 is 0 Å². The first kappa shape index (κ1) is 10.4. The van der Waals surface area contributed by atoms with Crippen LogP contribution in [-0.2, 0) is 0 Å². The second kappa shape index (κ2) is 4.20. The Labute approximate surface area is 95.1 Å². The van der Waals surface area contributed by atoms with Crippen LogP contribution in [0.25, 0.3) is 0 Å². The number of nitrogens with zero attached hydrogens (tertiary/aromatic N) is 3. The maximum Gasteiger partial charge on any atom is 0.269 e. The van der Waals surface area contributed by atoms with E-state index in [1.54, 1.807) is 12.1 Å². The van der Waals surface area contributed by atoms with Crippen LogP contribution in [0.4, 0.5) is 5.69 Å². The maximum absolute atomic E-state index is 10.5. The molecule has 1 unspecified atom stereocenters. The van der Waals surface area contributed by atoms with Gasteiger partial charge in [-0.3, -0.25) is 15.5 Å². The highest BCUT2D eigenvalue weighted by atomic mass is 32.2. The first-order valence-corrected chi connectivity index (χ1v) is 5.23. The minimum atomic E-state index is -0.448. The third-order valence-electron chi connectivity index (χ3n) is 2.02. The van der Waals surface area contributed by atoms with Crippen molar-refractivity contribution in [2.75, 3.05) is 0 Å². The number of nitrogens with one attached hydrogen (secondary N) is 1. The monoisotopic (exact) mass is 234 g/mol. The molecule has 0 amide bonds. The molecule has 1 aliphatic rings. The van der Waals surface area contributed by atoms with Gasteiger partial charge in [0.2, 0.25) is 0 Å². The second-order valence-electron chi connectivity index (χ2n) is 3.00. The van der Waals surface area contributed by atoms with Gasteiger partial charge < -0.3 is 0 Å². The Balaban J connectivity index is 2.13. The van der Waals surface area contributed by atoms with Gasteiger partial charge in [-0.15, -0.1) is 0 Å². The largest absolute Gasteiger partial charge is 0.290 e. The number of non-ortho nitro benzene ring substituents is 1. The number of nitro groups is 1. The molecule has 0 bridgehead atoms. The van der Waals surface area contributed by atoms with Gasteiger partial charge in [0.25, 0.3) is 5.69 Å². The molecule has 0 radical (unpaired) electrons. The molecule has 0 aliphatic carbocycles. The van der Waals surface area contributed by atoms with Gasteiger partial charge >= 0.3 is 0 Å². The van der Waals surface area contributed by atoms with Crippen molar-refractivity contribution in [1.29, 1.82) is 5.26 Å². The van der Waals surface area contributed by atoms with Gasteiger partial charge in [-0.1, -0.05) is 11.8 Å². The predicted octanol–water partition coefficient (Wildman–Crippen LogP) is 1.77. The van der Waals surface area contributed by atoms with Crippen molar-refractivity contribution in [3.63, 3.8) is 0 Å². The summed E-state index contributed by atoms with van der Waals surface area (Å²) in [5, 5.41) is 23.1. The van der Waals surface area contributed by atoms with E-state index < -0.39 is 4.92 Å². The molecule has 80 valence electrons. The van der Waals surface area contributed by atoms with Crippen molar-refractivity contribution in [3.8, 4) is 6.07 Å². The number of hydrazone groups is 1. The SMILES string of the molecule is N#CC1=NNC(c2ccc([N+](=O)[O-])cc2)S1. The molecule has 1 N–H and O–H groups in total. The van der Waals surface area contributed by atoms with Crippen molar-refractivity contribution >= 4 is 22.5 Å². The van der Waals surface area contributed by atoms with Crippen LogP contribution in [0.2, 0.25) is 0 Å². The molecule has 0 aromatic heterocycles. The molecular formula is C9H6N4O2S. The Bertz CT molecular complexity index is 491. The van der Waals surface area contributed by atoms with E-state index in [2.05, 4.69) is 10.5 Å². The molecule has 0 spiro atoms. The third-order valence-corrected chi connectivity index (χ3v) is 3.03. The van der Waals surface area contributed by atoms with Gasteiger partial charge in [0.1, 0.15) is 11.4 Å². The number of hydrogen-bond acceptors (Lipinski definition) is 6. The van der Waals surface area contributed by atoms with E-state index in [0.29, 0.717) is 5.04 Å². The van der Waals surface area contributed by atoms with Gasteiger partial charge in [-0.25, -0.2) is 0 Å². The summed E-state index contributed by atoms with van der Waals surface area (Å²) in [6.45, 7) is 0. The summed E-state index contributed by atoms with van der Waals surface area (Å²) >= 11 is 1.29. The van der Waals surface area contributed by atoms with Crippen LogP contribution >= 0.6 is 11.8 Å². The normalized spacial score (nSPS) is 18.4. The van der Waals surface area contributed by atoms with Crippen LogP contribution in [0.15, 0.2) is 29.4 Å². The molecule has 0 saturated carbocycles. The number of thioether (sulfide) groups is 1. The molecule has 1 heterocycles. The molecule has 1 aliphatic heterocycles. The summed E-state index contributed by atoms with van der Waals surface area (Å²) in [7, 11) is 0. The van der Waals surface area contributed by atoms with E-state index in [4.69, 9.17) is 5.26 Å². The Morgan fingerprint density at radius 1 is 1.50 bits per heavy atom. The number of nitro benzene ring substituents is 1. The van der Waals surface area contributed by atoms with Gasteiger partial charge in [0.15, 0.2) is 5.04 Å². The molecule has 7 heteroatoms. The molecule has 0 saturated heterocycles. The standard InChI is InChI=1S/C9H6N4O2S/c10-5-8-11-12-9(16-8)6-1-3-7(4-2-6)13(14)15/h1-4,9,12H. The Morgan fingerprint density at radius 2 is 2.19 bits per heavy atom. The Hall–Kier alpha value is -2.07. The maximum atomic E-state index is 10.5. The zero-order valence-electron chi connectivity index (χ0n) is 7.95. The summed E-state index contributed by atoms with van der Waals surface area (Å²) in [5.74, 6) is 0. The zero-order valence-corrected chi connectivity index (χ0v) is 8.77.